The van der Waals surface area contributed by atoms with Crippen LogP contribution in [-0.2, 0) is 12.7 Å². The highest BCUT2D eigenvalue weighted by molar-refractivity contribution is 5.73. The molecule has 0 unspecified atom stereocenters. The van der Waals surface area contributed by atoms with E-state index in [1.54, 1.807) is 18.2 Å². The number of nitrogens with one attached hydrogen (secondary N) is 2. The van der Waals surface area contributed by atoms with E-state index in [0.717, 1.165) is 36.8 Å². The molecular formula is C24H24F3N3O. The Morgan fingerprint density at radius 1 is 1.19 bits per heavy atom. The molecule has 1 saturated heterocycles. The predicted molar refractivity (Wildman–Crippen MR) is 117 cm³/mol. The van der Waals surface area contributed by atoms with Crippen LogP contribution in [-0.4, -0.2) is 26.2 Å². The Hall–Kier alpha value is -3.08. The summed E-state index contributed by atoms with van der Waals surface area (Å²) in [4.78, 5) is 3.10. The van der Waals surface area contributed by atoms with Crippen LogP contribution in [0.25, 0.3) is 17.0 Å². The first-order valence-electron chi connectivity index (χ1n) is 9.95. The standard InChI is InChI=1S/C24H24F3N3O/c1-3-8-31-22-10-17(9-18(11-22)13-29-14-19-15-30-16-19)4-5-20-6-7-21(28-2)12-23(20)24(25,26)27/h3-7,9-12,19,29-30H,1,8,13-16H2/b5-4+. The lowest BCUT2D eigenvalue weighted by atomic mass is 10.0. The first-order chi connectivity index (χ1) is 14.9. The molecule has 0 bridgehead atoms. The fraction of sp³-hybridized carbons (Fsp3) is 0.292. The molecular weight excluding hydrogens is 403 g/mol. The highest BCUT2D eigenvalue weighted by Crippen LogP contribution is 2.35. The summed E-state index contributed by atoms with van der Waals surface area (Å²) in [6, 6.07) is 9.19. The van der Waals surface area contributed by atoms with Crippen LogP contribution in [0.2, 0.25) is 0 Å². The van der Waals surface area contributed by atoms with E-state index in [9.17, 15) is 13.2 Å². The lowest BCUT2D eigenvalue weighted by molar-refractivity contribution is -0.137. The van der Waals surface area contributed by atoms with Gasteiger partial charge in [0, 0.05) is 26.2 Å². The van der Waals surface area contributed by atoms with Crippen molar-refractivity contribution >= 4 is 17.8 Å². The molecule has 0 saturated carbocycles. The summed E-state index contributed by atoms with van der Waals surface area (Å²) in [6.45, 7) is 14.5. The first kappa shape index (κ1) is 22.6. The summed E-state index contributed by atoms with van der Waals surface area (Å²) in [6.07, 6.45) is 0.141. The monoisotopic (exact) mass is 427 g/mol. The number of hydrogen-bond acceptors (Lipinski definition) is 3. The van der Waals surface area contributed by atoms with Crippen molar-refractivity contribution < 1.29 is 17.9 Å². The Morgan fingerprint density at radius 2 is 2.00 bits per heavy atom. The van der Waals surface area contributed by atoms with Crippen LogP contribution in [0.1, 0.15) is 22.3 Å². The first-order valence-corrected chi connectivity index (χ1v) is 9.95. The van der Waals surface area contributed by atoms with Gasteiger partial charge in [-0.25, -0.2) is 4.85 Å². The molecule has 1 aliphatic heterocycles. The van der Waals surface area contributed by atoms with Crippen LogP contribution in [0.3, 0.4) is 0 Å². The maximum Gasteiger partial charge on any atom is 0.415 e. The molecule has 1 fully saturated rings. The second-order valence-corrected chi connectivity index (χ2v) is 7.38. The molecule has 31 heavy (non-hydrogen) atoms. The summed E-state index contributed by atoms with van der Waals surface area (Å²) in [5.41, 5.74) is 0.847. The largest absolute Gasteiger partial charge is 0.490 e. The molecule has 162 valence electrons. The summed E-state index contributed by atoms with van der Waals surface area (Å²) >= 11 is 0. The Balaban J connectivity index is 1.83. The zero-order chi connectivity index (χ0) is 22.3. The topological polar surface area (TPSA) is 37.7 Å². The molecule has 0 spiro atoms. The minimum atomic E-state index is -4.54. The van der Waals surface area contributed by atoms with Gasteiger partial charge in [0.1, 0.15) is 12.4 Å². The number of alkyl halides is 3. The molecule has 0 aromatic heterocycles. The summed E-state index contributed by atoms with van der Waals surface area (Å²) in [5.74, 6) is 1.25. The van der Waals surface area contributed by atoms with Gasteiger partial charge >= 0.3 is 6.18 Å². The van der Waals surface area contributed by atoms with E-state index >= 15 is 0 Å². The number of ether oxygens (including phenoxy) is 1. The fourth-order valence-electron chi connectivity index (χ4n) is 3.23. The van der Waals surface area contributed by atoms with Crippen LogP contribution < -0.4 is 15.4 Å². The van der Waals surface area contributed by atoms with Gasteiger partial charge in [-0.15, -0.1) is 0 Å². The van der Waals surface area contributed by atoms with Crippen molar-refractivity contribution in [3.05, 3.63) is 82.7 Å². The quantitative estimate of drug-likeness (QED) is 0.324. The Labute approximate surface area is 180 Å². The fourth-order valence-corrected chi connectivity index (χ4v) is 3.23. The van der Waals surface area contributed by atoms with Crippen molar-refractivity contribution in [1.29, 1.82) is 0 Å². The minimum absolute atomic E-state index is 0.00877. The predicted octanol–water partition coefficient (Wildman–Crippen LogP) is 5.30. The Bertz CT molecular complexity index is 989. The second-order valence-electron chi connectivity index (χ2n) is 7.38. The summed E-state index contributed by atoms with van der Waals surface area (Å²) in [5, 5.41) is 6.64. The molecule has 1 aliphatic rings. The Kier molecular flexibility index (Phi) is 7.50. The van der Waals surface area contributed by atoms with Crippen molar-refractivity contribution in [2.75, 3.05) is 26.2 Å². The SMILES string of the molecule is [C-]#[N+]c1ccc(/C=C/c2cc(CNCC3CNC3)cc(OCC=C)c2)c(C(F)(F)F)c1. The molecule has 4 nitrogen and oxygen atoms in total. The third-order valence-corrected chi connectivity index (χ3v) is 4.91. The van der Waals surface area contributed by atoms with E-state index in [-0.39, 0.29) is 11.3 Å². The zero-order valence-corrected chi connectivity index (χ0v) is 17.0. The molecule has 7 heteroatoms. The highest BCUT2D eigenvalue weighted by Gasteiger charge is 2.32. The molecule has 2 N–H and O–H groups in total. The molecule has 1 heterocycles. The normalized spacial score (nSPS) is 14.3. The second kappa shape index (κ2) is 10.3. The van der Waals surface area contributed by atoms with Crippen LogP contribution in [0.15, 0.2) is 49.1 Å². The van der Waals surface area contributed by atoms with Crippen molar-refractivity contribution in [2.24, 2.45) is 5.92 Å². The van der Waals surface area contributed by atoms with E-state index in [4.69, 9.17) is 11.3 Å². The van der Waals surface area contributed by atoms with Crippen LogP contribution in [0.5, 0.6) is 5.75 Å². The lowest BCUT2D eigenvalue weighted by Crippen LogP contribution is -2.47. The van der Waals surface area contributed by atoms with E-state index in [1.807, 2.05) is 12.1 Å². The molecule has 2 aromatic rings. The highest BCUT2D eigenvalue weighted by atomic mass is 19.4. The third-order valence-electron chi connectivity index (χ3n) is 4.91. The number of rotatable bonds is 9. The van der Waals surface area contributed by atoms with Gasteiger partial charge in [-0.2, -0.15) is 13.2 Å². The maximum absolute atomic E-state index is 13.4. The average Bonchev–Trinajstić information content (AvgIpc) is 2.71. The van der Waals surface area contributed by atoms with Crippen molar-refractivity contribution in [1.82, 2.24) is 10.6 Å². The van der Waals surface area contributed by atoms with E-state index < -0.39 is 11.7 Å². The van der Waals surface area contributed by atoms with Gasteiger partial charge in [-0.1, -0.05) is 43.0 Å². The van der Waals surface area contributed by atoms with E-state index in [2.05, 4.69) is 22.1 Å². The molecule has 0 radical (unpaired) electrons. The van der Waals surface area contributed by atoms with E-state index in [0.29, 0.717) is 24.8 Å². The molecule has 2 aromatic carbocycles. The van der Waals surface area contributed by atoms with E-state index in [1.165, 1.54) is 18.2 Å². The Morgan fingerprint density at radius 3 is 2.65 bits per heavy atom. The molecule has 0 aliphatic carbocycles. The van der Waals surface area contributed by atoms with Gasteiger partial charge < -0.3 is 15.4 Å². The van der Waals surface area contributed by atoms with Gasteiger partial charge in [-0.05, 0) is 40.8 Å². The van der Waals surface area contributed by atoms with Crippen LogP contribution in [0.4, 0.5) is 18.9 Å². The lowest BCUT2D eigenvalue weighted by Gasteiger charge is -2.27. The van der Waals surface area contributed by atoms with Crippen molar-refractivity contribution in [2.45, 2.75) is 12.7 Å². The van der Waals surface area contributed by atoms with Crippen molar-refractivity contribution in [3.63, 3.8) is 0 Å². The molecule has 0 amide bonds. The number of halogens is 3. The average molecular weight is 427 g/mol. The summed E-state index contributed by atoms with van der Waals surface area (Å²) < 4.78 is 45.9. The van der Waals surface area contributed by atoms with Crippen LogP contribution >= 0.6 is 0 Å². The van der Waals surface area contributed by atoms with Gasteiger partial charge in [0.05, 0.1) is 12.1 Å². The van der Waals surface area contributed by atoms with Crippen LogP contribution in [0, 0.1) is 12.5 Å². The maximum atomic E-state index is 13.4. The van der Waals surface area contributed by atoms with Gasteiger partial charge in [0.2, 0.25) is 0 Å². The van der Waals surface area contributed by atoms with Crippen molar-refractivity contribution in [3.8, 4) is 5.75 Å². The third kappa shape index (κ3) is 6.45. The summed E-state index contributed by atoms with van der Waals surface area (Å²) in [7, 11) is 0. The zero-order valence-electron chi connectivity index (χ0n) is 17.0. The number of benzene rings is 2. The van der Waals surface area contributed by atoms with Gasteiger partial charge in [-0.3, -0.25) is 0 Å². The minimum Gasteiger partial charge on any atom is -0.490 e. The van der Waals surface area contributed by atoms with Gasteiger partial charge in [0.15, 0.2) is 5.69 Å². The molecule has 0 atom stereocenters. The number of nitrogens with zero attached hydrogens (tertiary/aromatic N) is 1. The molecule has 3 rings (SSSR count). The number of hydrogen-bond donors (Lipinski definition) is 2. The van der Waals surface area contributed by atoms with Gasteiger partial charge in [0.25, 0.3) is 0 Å². The smallest absolute Gasteiger partial charge is 0.415 e.